The number of alkyl halides is 3. The van der Waals surface area contributed by atoms with Crippen molar-refractivity contribution in [3.8, 4) is 0 Å². The van der Waals surface area contributed by atoms with Crippen LogP contribution in [0.5, 0.6) is 0 Å². The third kappa shape index (κ3) is 6.68. The summed E-state index contributed by atoms with van der Waals surface area (Å²) < 4.78 is 37.4. The molecule has 0 radical (unpaired) electrons. The molecule has 21 heavy (non-hydrogen) atoms. The summed E-state index contributed by atoms with van der Waals surface area (Å²) in [6.07, 6.45) is 2.26. The molecule has 0 saturated heterocycles. The lowest BCUT2D eigenvalue weighted by Gasteiger charge is -2.32. The number of aliphatic hydroxyl groups is 1. The molecule has 0 bridgehead atoms. The van der Waals surface area contributed by atoms with Gasteiger partial charge in [0.05, 0.1) is 6.61 Å². The highest BCUT2D eigenvalue weighted by Gasteiger charge is 2.36. The zero-order valence-corrected chi connectivity index (χ0v) is 12.7. The number of aliphatic hydroxyl groups excluding tert-OH is 1. The van der Waals surface area contributed by atoms with Gasteiger partial charge < -0.3 is 10.0 Å². The second kappa shape index (κ2) is 8.61. The number of nitrogens with zero attached hydrogens (tertiary/aromatic N) is 1. The van der Waals surface area contributed by atoms with E-state index in [1.807, 2.05) is 0 Å². The van der Waals surface area contributed by atoms with Crippen LogP contribution in [0.1, 0.15) is 51.9 Å². The van der Waals surface area contributed by atoms with E-state index in [9.17, 15) is 18.0 Å². The number of rotatable bonds is 7. The van der Waals surface area contributed by atoms with Gasteiger partial charge in [0.25, 0.3) is 0 Å². The highest BCUT2D eigenvalue weighted by atomic mass is 19.4. The third-order valence-electron chi connectivity index (χ3n) is 4.21. The lowest BCUT2D eigenvalue weighted by molar-refractivity contribution is -0.165. The number of amides is 1. The van der Waals surface area contributed by atoms with E-state index < -0.39 is 25.2 Å². The van der Waals surface area contributed by atoms with Crippen molar-refractivity contribution < 1.29 is 23.1 Å². The van der Waals surface area contributed by atoms with Crippen molar-refractivity contribution in [2.45, 2.75) is 58.0 Å². The van der Waals surface area contributed by atoms with Gasteiger partial charge in [-0.3, -0.25) is 4.79 Å². The molecule has 1 saturated carbocycles. The maximum atomic E-state index is 12.5. The molecule has 0 aromatic carbocycles. The predicted molar refractivity (Wildman–Crippen MR) is 74.7 cm³/mol. The first kappa shape index (κ1) is 18.3. The van der Waals surface area contributed by atoms with Gasteiger partial charge in [-0.2, -0.15) is 13.2 Å². The Hall–Kier alpha value is -0.780. The molecule has 0 atom stereocenters. The Morgan fingerprint density at radius 1 is 1.24 bits per heavy atom. The molecule has 1 N–H and O–H groups in total. The van der Waals surface area contributed by atoms with Gasteiger partial charge in [-0.25, -0.2) is 0 Å². The molecular weight excluding hydrogens is 283 g/mol. The van der Waals surface area contributed by atoms with Gasteiger partial charge in [-0.05, 0) is 31.6 Å². The summed E-state index contributed by atoms with van der Waals surface area (Å²) in [5.41, 5.74) is 0. The van der Waals surface area contributed by atoms with Gasteiger partial charge in [0.1, 0.15) is 6.54 Å². The van der Waals surface area contributed by atoms with Crippen molar-refractivity contribution in [2.75, 3.05) is 19.7 Å². The molecule has 1 rings (SSSR count). The van der Waals surface area contributed by atoms with Crippen LogP contribution in [0.2, 0.25) is 0 Å². The summed E-state index contributed by atoms with van der Waals surface area (Å²) in [6, 6.07) is 0. The smallest absolute Gasteiger partial charge is 0.395 e. The van der Waals surface area contributed by atoms with E-state index in [1.54, 1.807) is 0 Å². The third-order valence-corrected chi connectivity index (χ3v) is 4.21. The number of unbranched alkanes of at least 4 members (excludes halogenated alkanes) is 1. The molecule has 3 nitrogen and oxygen atoms in total. The standard InChI is InChI=1S/C15H26F3NO2/c1-2-3-4-12-5-7-13(8-6-12)14(21)19(9-10-20)11-15(16,17)18/h12-13,20H,2-11H2,1H3. The highest BCUT2D eigenvalue weighted by Crippen LogP contribution is 2.33. The minimum absolute atomic E-state index is 0.242. The Morgan fingerprint density at radius 2 is 1.86 bits per heavy atom. The van der Waals surface area contributed by atoms with E-state index in [4.69, 9.17) is 5.11 Å². The number of halogens is 3. The largest absolute Gasteiger partial charge is 0.406 e. The number of carbonyl (C=O) groups is 1. The first-order valence-corrected chi connectivity index (χ1v) is 7.83. The molecule has 0 aromatic heterocycles. The number of carbonyl (C=O) groups excluding carboxylic acids is 1. The molecule has 0 aliphatic heterocycles. The van der Waals surface area contributed by atoms with Crippen LogP contribution in [0.3, 0.4) is 0 Å². The van der Waals surface area contributed by atoms with E-state index in [0.29, 0.717) is 18.8 Å². The van der Waals surface area contributed by atoms with E-state index in [1.165, 1.54) is 6.42 Å². The lowest BCUT2D eigenvalue weighted by Crippen LogP contribution is -2.44. The van der Waals surface area contributed by atoms with Crippen LogP contribution in [-0.2, 0) is 4.79 Å². The molecule has 0 heterocycles. The zero-order chi connectivity index (χ0) is 15.9. The maximum Gasteiger partial charge on any atom is 0.406 e. The summed E-state index contributed by atoms with van der Waals surface area (Å²) in [4.78, 5) is 13.0. The van der Waals surface area contributed by atoms with Gasteiger partial charge in [-0.15, -0.1) is 0 Å². The highest BCUT2D eigenvalue weighted by molar-refractivity contribution is 5.79. The Kier molecular flexibility index (Phi) is 7.49. The van der Waals surface area contributed by atoms with Crippen LogP contribution in [0.15, 0.2) is 0 Å². The van der Waals surface area contributed by atoms with Gasteiger partial charge in [0, 0.05) is 12.5 Å². The van der Waals surface area contributed by atoms with Gasteiger partial charge in [0.2, 0.25) is 5.91 Å². The summed E-state index contributed by atoms with van der Waals surface area (Å²) in [6.45, 7) is 0.197. The molecule has 1 fully saturated rings. The SMILES string of the molecule is CCCCC1CCC(C(=O)N(CCO)CC(F)(F)F)CC1. The summed E-state index contributed by atoms with van der Waals surface area (Å²) in [5, 5.41) is 8.86. The van der Waals surface area contributed by atoms with Crippen molar-refractivity contribution in [3.05, 3.63) is 0 Å². The molecule has 1 aliphatic rings. The first-order valence-electron chi connectivity index (χ1n) is 7.83. The lowest BCUT2D eigenvalue weighted by atomic mass is 9.79. The first-order chi connectivity index (χ1) is 9.87. The fourth-order valence-corrected chi connectivity index (χ4v) is 3.05. The van der Waals surface area contributed by atoms with Gasteiger partial charge in [-0.1, -0.05) is 26.2 Å². The van der Waals surface area contributed by atoms with E-state index in [-0.39, 0.29) is 12.5 Å². The van der Waals surface area contributed by atoms with Crippen LogP contribution >= 0.6 is 0 Å². The van der Waals surface area contributed by atoms with Crippen LogP contribution < -0.4 is 0 Å². The van der Waals surface area contributed by atoms with Crippen molar-refractivity contribution in [3.63, 3.8) is 0 Å². The number of hydrogen-bond donors (Lipinski definition) is 1. The summed E-state index contributed by atoms with van der Waals surface area (Å²) in [7, 11) is 0. The van der Waals surface area contributed by atoms with Gasteiger partial charge in [0.15, 0.2) is 0 Å². The minimum Gasteiger partial charge on any atom is -0.395 e. The van der Waals surface area contributed by atoms with Crippen LogP contribution in [0.4, 0.5) is 13.2 Å². The molecule has 1 aliphatic carbocycles. The Labute approximate surface area is 124 Å². The van der Waals surface area contributed by atoms with Crippen molar-refractivity contribution in [1.29, 1.82) is 0 Å². The molecule has 0 unspecified atom stereocenters. The Morgan fingerprint density at radius 3 is 2.33 bits per heavy atom. The summed E-state index contributed by atoms with van der Waals surface area (Å²) >= 11 is 0. The Balaban J connectivity index is 2.49. The maximum absolute atomic E-state index is 12.5. The summed E-state index contributed by atoms with van der Waals surface area (Å²) in [5.74, 6) is -0.144. The average Bonchev–Trinajstić information content (AvgIpc) is 2.43. The van der Waals surface area contributed by atoms with Crippen molar-refractivity contribution in [2.24, 2.45) is 11.8 Å². The second-order valence-corrected chi connectivity index (χ2v) is 5.96. The normalized spacial score (nSPS) is 23.1. The quantitative estimate of drug-likeness (QED) is 0.783. The minimum atomic E-state index is -4.41. The monoisotopic (exact) mass is 309 g/mol. The van der Waals surface area contributed by atoms with Crippen molar-refractivity contribution in [1.82, 2.24) is 4.90 Å². The molecule has 0 spiro atoms. The predicted octanol–water partition coefficient (Wildman–Crippen LogP) is 3.37. The topological polar surface area (TPSA) is 40.5 Å². The number of hydrogen-bond acceptors (Lipinski definition) is 2. The van der Waals surface area contributed by atoms with E-state index in [2.05, 4.69) is 6.92 Å². The van der Waals surface area contributed by atoms with Crippen LogP contribution in [0, 0.1) is 11.8 Å². The van der Waals surface area contributed by atoms with Crippen LogP contribution in [-0.4, -0.2) is 41.8 Å². The van der Waals surface area contributed by atoms with Gasteiger partial charge >= 0.3 is 6.18 Å². The fraction of sp³-hybridized carbons (Fsp3) is 0.933. The molecule has 6 heteroatoms. The molecule has 0 aromatic rings. The molecular formula is C15H26F3NO2. The fourth-order valence-electron chi connectivity index (χ4n) is 3.05. The second-order valence-electron chi connectivity index (χ2n) is 5.96. The molecule has 1 amide bonds. The molecule has 124 valence electrons. The van der Waals surface area contributed by atoms with Crippen LogP contribution in [0.25, 0.3) is 0 Å². The Bertz CT molecular complexity index is 313. The average molecular weight is 309 g/mol. The van der Waals surface area contributed by atoms with Crippen molar-refractivity contribution >= 4 is 5.91 Å². The van der Waals surface area contributed by atoms with E-state index in [0.717, 1.165) is 30.6 Å². The van der Waals surface area contributed by atoms with E-state index >= 15 is 0 Å². The zero-order valence-electron chi connectivity index (χ0n) is 12.7.